The van der Waals surface area contributed by atoms with Gasteiger partial charge in [0.15, 0.2) is 5.78 Å². The molecule has 0 bridgehead atoms. The molecule has 0 radical (unpaired) electrons. The van der Waals surface area contributed by atoms with E-state index in [4.69, 9.17) is 4.43 Å². The van der Waals surface area contributed by atoms with Crippen LogP contribution in [0.1, 0.15) is 33.6 Å². The maximum Gasteiger partial charge on any atom is 0.261 e. The number of hydrogen-bond acceptors (Lipinski definition) is 2. The average Bonchev–Trinajstić information content (AvgIpc) is 2.63. The summed E-state index contributed by atoms with van der Waals surface area (Å²) < 4.78 is 6.91. The molecule has 3 rings (SSSR count). The number of benzene rings is 2. The summed E-state index contributed by atoms with van der Waals surface area (Å²) in [6, 6.07) is 21.3. The van der Waals surface area contributed by atoms with E-state index in [1.807, 2.05) is 6.08 Å². The Labute approximate surface area is 158 Å². The second-order valence-electron chi connectivity index (χ2n) is 8.15. The predicted molar refractivity (Wildman–Crippen MR) is 110 cm³/mol. The normalized spacial score (nSPS) is 18.1. The summed E-state index contributed by atoms with van der Waals surface area (Å²) in [6.45, 7) is 7.48. The van der Waals surface area contributed by atoms with Crippen LogP contribution in [0.2, 0.25) is 5.04 Å². The van der Waals surface area contributed by atoms with Crippen LogP contribution in [0.15, 0.2) is 72.8 Å². The van der Waals surface area contributed by atoms with Crippen LogP contribution in [0.3, 0.4) is 0 Å². The molecule has 0 heterocycles. The van der Waals surface area contributed by atoms with Crippen molar-refractivity contribution in [1.29, 1.82) is 0 Å². The van der Waals surface area contributed by atoms with Crippen molar-refractivity contribution in [2.75, 3.05) is 6.61 Å². The van der Waals surface area contributed by atoms with Crippen molar-refractivity contribution in [2.24, 2.45) is 5.92 Å². The third-order valence-electron chi connectivity index (χ3n) is 5.22. The van der Waals surface area contributed by atoms with Gasteiger partial charge in [-0.05, 0) is 33.8 Å². The zero-order valence-electron chi connectivity index (χ0n) is 15.9. The number of allylic oxidation sites excluding steroid dienone is 2. The van der Waals surface area contributed by atoms with E-state index in [1.54, 1.807) is 6.08 Å². The summed E-state index contributed by atoms with van der Waals surface area (Å²) in [5.41, 5.74) is 0. The highest BCUT2D eigenvalue weighted by atomic mass is 28.4. The van der Waals surface area contributed by atoms with Crippen LogP contribution in [-0.4, -0.2) is 20.7 Å². The van der Waals surface area contributed by atoms with E-state index in [0.29, 0.717) is 13.0 Å². The minimum atomic E-state index is -2.49. The molecule has 0 N–H and O–H groups in total. The van der Waals surface area contributed by atoms with Crippen LogP contribution in [-0.2, 0) is 9.22 Å². The lowest BCUT2D eigenvalue weighted by molar-refractivity contribution is -0.116. The molecule has 0 saturated heterocycles. The first-order valence-electron chi connectivity index (χ1n) is 9.38. The van der Waals surface area contributed by atoms with Crippen LogP contribution < -0.4 is 10.4 Å². The molecule has 26 heavy (non-hydrogen) atoms. The van der Waals surface area contributed by atoms with Gasteiger partial charge in [-0.15, -0.1) is 0 Å². The van der Waals surface area contributed by atoms with Crippen LogP contribution in [0.4, 0.5) is 0 Å². The summed E-state index contributed by atoms with van der Waals surface area (Å²) in [7, 11) is -2.49. The van der Waals surface area contributed by atoms with Gasteiger partial charge in [0.05, 0.1) is 0 Å². The minimum Gasteiger partial charge on any atom is -0.407 e. The molecule has 2 nitrogen and oxygen atoms in total. The van der Waals surface area contributed by atoms with Gasteiger partial charge in [-0.2, -0.15) is 0 Å². The highest BCUT2D eigenvalue weighted by Gasteiger charge is 2.50. The molecule has 3 heteroatoms. The molecule has 0 amide bonds. The molecular formula is C23H28O2Si. The molecular weight excluding hydrogens is 336 g/mol. The van der Waals surface area contributed by atoms with E-state index >= 15 is 0 Å². The van der Waals surface area contributed by atoms with Gasteiger partial charge in [0.2, 0.25) is 0 Å². The Morgan fingerprint density at radius 1 is 0.962 bits per heavy atom. The maximum atomic E-state index is 11.8. The summed E-state index contributed by atoms with van der Waals surface area (Å²) in [4.78, 5) is 11.8. The van der Waals surface area contributed by atoms with Crippen molar-refractivity contribution >= 4 is 24.5 Å². The monoisotopic (exact) mass is 364 g/mol. The second kappa shape index (κ2) is 7.73. The Kier molecular flexibility index (Phi) is 5.59. The lowest BCUT2D eigenvalue weighted by Crippen LogP contribution is -2.66. The molecule has 1 aliphatic carbocycles. The molecule has 0 unspecified atom stereocenters. The van der Waals surface area contributed by atoms with Crippen molar-refractivity contribution in [3.8, 4) is 0 Å². The Morgan fingerprint density at radius 3 is 1.96 bits per heavy atom. The molecule has 0 saturated carbocycles. The lowest BCUT2D eigenvalue weighted by atomic mass is 9.95. The topological polar surface area (TPSA) is 26.3 Å². The first-order valence-corrected chi connectivity index (χ1v) is 11.3. The second-order valence-corrected chi connectivity index (χ2v) is 12.5. The van der Waals surface area contributed by atoms with E-state index < -0.39 is 8.32 Å². The fourth-order valence-electron chi connectivity index (χ4n) is 3.96. The molecule has 1 atom stereocenters. The first kappa shape index (κ1) is 18.8. The third-order valence-corrected chi connectivity index (χ3v) is 10.2. The lowest BCUT2D eigenvalue weighted by Gasteiger charge is -2.43. The van der Waals surface area contributed by atoms with Gasteiger partial charge in [-0.3, -0.25) is 4.79 Å². The predicted octanol–water partition coefficient (Wildman–Crippen LogP) is 4.10. The summed E-state index contributed by atoms with van der Waals surface area (Å²) >= 11 is 0. The zero-order chi connectivity index (χ0) is 18.6. The largest absolute Gasteiger partial charge is 0.407 e. The van der Waals surface area contributed by atoms with Crippen LogP contribution in [0, 0.1) is 5.92 Å². The van der Waals surface area contributed by atoms with Crippen molar-refractivity contribution in [3.63, 3.8) is 0 Å². The molecule has 0 fully saturated rings. The molecule has 2 aromatic rings. The number of hydrogen-bond donors (Lipinski definition) is 0. The van der Waals surface area contributed by atoms with Gasteiger partial charge in [0.1, 0.15) is 0 Å². The van der Waals surface area contributed by atoms with E-state index in [2.05, 4.69) is 81.4 Å². The fourth-order valence-corrected chi connectivity index (χ4v) is 8.60. The average molecular weight is 365 g/mol. The highest BCUT2D eigenvalue weighted by molar-refractivity contribution is 6.99. The first-order chi connectivity index (χ1) is 12.4. The van der Waals surface area contributed by atoms with Gasteiger partial charge in [-0.1, -0.05) is 87.5 Å². The van der Waals surface area contributed by atoms with Gasteiger partial charge >= 0.3 is 0 Å². The summed E-state index contributed by atoms with van der Waals surface area (Å²) in [6.07, 6.45) is 5.21. The summed E-state index contributed by atoms with van der Waals surface area (Å²) in [5, 5.41) is 2.55. The Morgan fingerprint density at radius 2 is 1.50 bits per heavy atom. The Balaban J connectivity index is 2.03. The molecule has 1 aliphatic rings. The molecule has 0 spiro atoms. The summed E-state index contributed by atoms with van der Waals surface area (Å²) in [5.74, 6) is 0.487. The van der Waals surface area contributed by atoms with Crippen molar-refractivity contribution in [2.45, 2.75) is 38.7 Å². The Hall–Kier alpha value is -1.97. The number of rotatable bonds is 5. The number of carbonyl (C=O) groups excluding carboxylic acids is 1. The maximum absolute atomic E-state index is 11.8. The van der Waals surface area contributed by atoms with E-state index in [1.165, 1.54) is 10.4 Å². The smallest absolute Gasteiger partial charge is 0.261 e. The van der Waals surface area contributed by atoms with E-state index in [-0.39, 0.29) is 16.7 Å². The van der Waals surface area contributed by atoms with Crippen molar-refractivity contribution in [3.05, 3.63) is 72.8 Å². The highest BCUT2D eigenvalue weighted by Crippen LogP contribution is 2.37. The van der Waals surface area contributed by atoms with E-state index in [0.717, 1.165) is 6.42 Å². The molecule has 0 aliphatic heterocycles. The van der Waals surface area contributed by atoms with Crippen LogP contribution >= 0.6 is 0 Å². The molecule has 136 valence electrons. The van der Waals surface area contributed by atoms with Gasteiger partial charge in [0, 0.05) is 13.0 Å². The van der Waals surface area contributed by atoms with Crippen molar-refractivity contribution in [1.82, 2.24) is 0 Å². The van der Waals surface area contributed by atoms with Crippen LogP contribution in [0.5, 0.6) is 0 Å². The fraction of sp³-hybridized carbons (Fsp3) is 0.348. The standard InChI is InChI=1S/C23H28O2Si/c1-23(2,3)26(21-13-6-4-7-14-21,22-15-8-5-9-16-22)25-18-19-11-10-12-20(24)17-19/h4-10,12-16,19H,11,17-18H2,1-3H3/t19-/m1/s1. The quantitative estimate of drug-likeness (QED) is 0.747. The molecule has 0 aromatic heterocycles. The van der Waals surface area contributed by atoms with Gasteiger partial charge in [-0.25, -0.2) is 0 Å². The minimum absolute atomic E-state index is 0.0236. The van der Waals surface area contributed by atoms with Gasteiger partial charge in [0.25, 0.3) is 8.32 Å². The van der Waals surface area contributed by atoms with Crippen molar-refractivity contribution < 1.29 is 9.22 Å². The molecule has 2 aromatic carbocycles. The van der Waals surface area contributed by atoms with Gasteiger partial charge < -0.3 is 4.43 Å². The third kappa shape index (κ3) is 3.74. The number of carbonyl (C=O) groups is 1. The Bertz CT molecular complexity index is 720. The number of ketones is 1. The van der Waals surface area contributed by atoms with Crippen LogP contribution in [0.25, 0.3) is 0 Å². The SMILES string of the molecule is CC(C)(C)[Si](OC[C@@H]1CC=CC(=O)C1)(c1ccccc1)c1ccccc1. The van der Waals surface area contributed by atoms with E-state index in [9.17, 15) is 4.79 Å². The zero-order valence-corrected chi connectivity index (χ0v) is 16.9.